The first-order valence-electron chi connectivity index (χ1n) is 4.31. The highest BCUT2D eigenvalue weighted by Gasteiger charge is 2.12. The summed E-state index contributed by atoms with van der Waals surface area (Å²) in [6.07, 6.45) is 0.814. The van der Waals surface area contributed by atoms with Gasteiger partial charge >= 0.3 is 0 Å². The van der Waals surface area contributed by atoms with Crippen LogP contribution in [0.4, 0.5) is 0 Å². The molecule has 0 aliphatic rings. The predicted molar refractivity (Wildman–Crippen MR) is 72.9 cm³/mol. The Morgan fingerprint density at radius 1 is 1.19 bits per heavy atom. The first-order chi connectivity index (χ1) is 7.61. The molecule has 0 saturated heterocycles. The lowest BCUT2D eigenvalue weighted by molar-refractivity contribution is 0.112. The van der Waals surface area contributed by atoms with Gasteiger partial charge in [0, 0.05) is 14.9 Å². The minimum atomic E-state index is 0.568. The van der Waals surface area contributed by atoms with E-state index in [1.54, 1.807) is 18.2 Å². The summed E-state index contributed by atoms with van der Waals surface area (Å²) >= 11 is 16.9. The second-order valence-electron chi connectivity index (χ2n) is 3.06. The van der Waals surface area contributed by atoms with E-state index in [9.17, 15) is 4.79 Å². The quantitative estimate of drug-likeness (QED) is 0.681. The second-order valence-corrected chi connectivity index (χ2v) is 5.91. The van der Waals surface area contributed by atoms with Crippen LogP contribution in [0.15, 0.2) is 28.7 Å². The van der Waals surface area contributed by atoms with E-state index in [2.05, 4.69) is 15.9 Å². The zero-order valence-electron chi connectivity index (χ0n) is 7.84. The van der Waals surface area contributed by atoms with Crippen LogP contribution in [0.3, 0.4) is 0 Å². The van der Waals surface area contributed by atoms with Crippen LogP contribution in [0.25, 0.3) is 10.4 Å². The lowest BCUT2D eigenvalue weighted by Crippen LogP contribution is -1.78. The van der Waals surface area contributed by atoms with Crippen LogP contribution in [-0.2, 0) is 0 Å². The Morgan fingerprint density at radius 3 is 2.31 bits per heavy atom. The zero-order chi connectivity index (χ0) is 11.7. The van der Waals surface area contributed by atoms with Gasteiger partial charge in [0.15, 0.2) is 6.29 Å². The van der Waals surface area contributed by atoms with Crippen molar-refractivity contribution in [2.75, 3.05) is 0 Å². The zero-order valence-corrected chi connectivity index (χ0v) is 11.8. The number of carbonyl (C=O) groups is 1. The Bertz CT molecular complexity index is 528. The number of thiophene rings is 1. The van der Waals surface area contributed by atoms with E-state index in [1.165, 1.54) is 11.3 Å². The summed E-state index contributed by atoms with van der Waals surface area (Å²) in [4.78, 5) is 12.2. The van der Waals surface area contributed by atoms with E-state index in [4.69, 9.17) is 23.2 Å². The van der Waals surface area contributed by atoms with Crippen molar-refractivity contribution in [1.29, 1.82) is 0 Å². The molecule has 1 nitrogen and oxygen atoms in total. The maximum absolute atomic E-state index is 10.6. The molecule has 0 fully saturated rings. The van der Waals surface area contributed by atoms with Gasteiger partial charge in [-0.15, -0.1) is 11.3 Å². The third kappa shape index (κ3) is 2.33. The van der Waals surface area contributed by atoms with Crippen molar-refractivity contribution in [3.8, 4) is 10.4 Å². The standard InChI is InChI=1S/C11H5BrCl2OS/c12-6-3-8(13)11(9(14)4-6)10-2-1-7(5-15)16-10/h1-5H. The molecular weight excluding hydrogens is 331 g/mol. The fourth-order valence-corrected chi connectivity index (χ4v) is 3.75. The Labute approximate surface area is 115 Å². The van der Waals surface area contributed by atoms with Crippen LogP contribution in [0.2, 0.25) is 10.0 Å². The van der Waals surface area contributed by atoms with Crippen LogP contribution in [0, 0.1) is 0 Å². The molecule has 0 radical (unpaired) electrons. The average molecular weight is 336 g/mol. The Morgan fingerprint density at radius 2 is 1.81 bits per heavy atom. The van der Waals surface area contributed by atoms with Crippen molar-refractivity contribution >= 4 is 56.8 Å². The highest BCUT2D eigenvalue weighted by Crippen LogP contribution is 2.40. The molecule has 0 amide bonds. The molecule has 82 valence electrons. The van der Waals surface area contributed by atoms with Crippen molar-refractivity contribution < 1.29 is 4.79 Å². The average Bonchev–Trinajstić information content (AvgIpc) is 2.64. The smallest absolute Gasteiger partial charge is 0.160 e. The van der Waals surface area contributed by atoms with Crippen LogP contribution >= 0.6 is 50.5 Å². The van der Waals surface area contributed by atoms with Crippen molar-refractivity contribution in [2.45, 2.75) is 0 Å². The summed E-state index contributed by atoms with van der Waals surface area (Å²) in [5, 5.41) is 1.14. The number of halogens is 3. The fraction of sp³-hybridized carbons (Fsp3) is 0. The van der Waals surface area contributed by atoms with E-state index in [-0.39, 0.29) is 0 Å². The maximum Gasteiger partial charge on any atom is 0.160 e. The Hall–Kier alpha value is -0.350. The molecule has 2 aromatic rings. The van der Waals surface area contributed by atoms with Gasteiger partial charge in [0.2, 0.25) is 0 Å². The third-order valence-electron chi connectivity index (χ3n) is 2.00. The minimum Gasteiger partial charge on any atom is -0.297 e. The molecule has 0 bridgehead atoms. The van der Waals surface area contributed by atoms with E-state index in [0.717, 1.165) is 21.2 Å². The van der Waals surface area contributed by atoms with Crippen molar-refractivity contribution in [2.24, 2.45) is 0 Å². The normalized spacial score (nSPS) is 10.4. The Kier molecular flexibility index (Phi) is 3.70. The summed E-state index contributed by atoms with van der Waals surface area (Å²) in [6.45, 7) is 0. The fourth-order valence-electron chi connectivity index (χ4n) is 1.33. The van der Waals surface area contributed by atoms with Gasteiger partial charge in [0.1, 0.15) is 0 Å². The van der Waals surface area contributed by atoms with Gasteiger partial charge in [-0.05, 0) is 24.3 Å². The van der Waals surface area contributed by atoms with Gasteiger partial charge in [-0.1, -0.05) is 39.1 Å². The summed E-state index contributed by atoms with van der Waals surface area (Å²) in [7, 11) is 0. The summed E-state index contributed by atoms with van der Waals surface area (Å²) in [5.41, 5.74) is 0.768. The van der Waals surface area contributed by atoms with Crippen LogP contribution < -0.4 is 0 Å². The maximum atomic E-state index is 10.6. The summed E-state index contributed by atoms with van der Waals surface area (Å²) in [6, 6.07) is 7.16. The van der Waals surface area contributed by atoms with E-state index in [1.807, 2.05) is 6.07 Å². The molecule has 1 aromatic carbocycles. The van der Waals surface area contributed by atoms with Crippen molar-refractivity contribution in [1.82, 2.24) is 0 Å². The lowest BCUT2D eigenvalue weighted by atomic mass is 10.2. The molecule has 1 heterocycles. The predicted octanol–water partition coefficient (Wildman–Crippen LogP) is 5.30. The molecule has 16 heavy (non-hydrogen) atoms. The first kappa shape index (κ1) is 12.1. The van der Waals surface area contributed by atoms with Gasteiger partial charge in [0.25, 0.3) is 0 Å². The molecule has 0 aliphatic heterocycles. The number of benzene rings is 1. The van der Waals surface area contributed by atoms with Crippen LogP contribution in [0.5, 0.6) is 0 Å². The number of aldehydes is 1. The Balaban J connectivity index is 2.59. The largest absolute Gasteiger partial charge is 0.297 e. The van der Waals surface area contributed by atoms with Gasteiger partial charge in [-0.25, -0.2) is 0 Å². The molecule has 0 aliphatic carbocycles. The molecule has 2 rings (SSSR count). The van der Waals surface area contributed by atoms with E-state index >= 15 is 0 Å². The topological polar surface area (TPSA) is 17.1 Å². The van der Waals surface area contributed by atoms with Crippen molar-refractivity contribution in [3.05, 3.63) is 43.7 Å². The van der Waals surface area contributed by atoms with Gasteiger partial charge in [-0.3, -0.25) is 4.79 Å². The monoisotopic (exact) mass is 334 g/mol. The molecular formula is C11H5BrCl2OS. The lowest BCUT2D eigenvalue weighted by Gasteiger charge is -2.05. The summed E-state index contributed by atoms with van der Waals surface area (Å²) < 4.78 is 0.832. The van der Waals surface area contributed by atoms with Crippen LogP contribution in [0.1, 0.15) is 9.67 Å². The SMILES string of the molecule is O=Cc1ccc(-c2c(Cl)cc(Br)cc2Cl)s1. The molecule has 0 spiro atoms. The van der Waals surface area contributed by atoms with Gasteiger partial charge in [-0.2, -0.15) is 0 Å². The number of hydrogen-bond acceptors (Lipinski definition) is 2. The number of rotatable bonds is 2. The summed E-state index contributed by atoms with van der Waals surface area (Å²) in [5.74, 6) is 0. The van der Waals surface area contributed by atoms with E-state index in [0.29, 0.717) is 14.9 Å². The van der Waals surface area contributed by atoms with Crippen molar-refractivity contribution in [3.63, 3.8) is 0 Å². The number of hydrogen-bond donors (Lipinski definition) is 0. The van der Waals surface area contributed by atoms with Gasteiger partial charge < -0.3 is 0 Å². The third-order valence-corrected chi connectivity index (χ3v) is 4.08. The molecule has 5 heteroatoms. The molecule has 0 atom stereocenters. The first-order valence-corrected chi connectivity index (χ1v) is 6.68. The number of carbonyl (C=O) groups excluding carboxylic acids is 1. The minimum absolute atomic E-state index is 0.568. The highest BCUT2D eigenvalue weighted by molar-refractivity contribution is 9.10. The molecule has 0 N–H and O–H groups in total. The molecule has 0 unspecified atom stereocenters. The molecule has 1 aromatic heterocycles. The van der Waals surface area contributed by atoms with E-state index < -0.39 is 0 Å². The van der Waals surface area contributed by atoms with Crippen LogP contribution in [-0.4, -0.2) is 6.29 Å². The van der Waals surface area contributed by atoms with Gasteiger partial charge in [0.05, 0.1) is 14.9 Å². The highest BCUT2D eigenvalue weighted by atomic mass is 79.9. The molecule has 0 saturated carbocycles. The second kappa shape index (κ2) is 4.88.